The Morgan fingerprint density at radius 2 is 1.96 bits per heavy atom. The summed E-state index contributed by atoms with van der Waals surface area (Å²) in [5.74, 6) is -0.122. The Kier molecular flexibility index (Phi) is 4.91. The SMILES string of the molecule is CC(NCC(=O)Nc1nc2ccccc2s1)c1ccccc1Cl. The molecule has 2 aromatic carbocycles. The van der Waals surface area contributed by atoms with Crippen LogP contribution in [0, 0.1) is 0 Å². The molecule has 1 unspecified atom stereocenters. The highest BCUT2D eigenvalue weighted by atomic mass is 35.5. The minimum absolute atomic E-state index is 0.00943. The Morgan fingerprint density at radius 1 is 1.22 bits per heavy atom. The van der Waals surface area contributed by atoms with Crippen molar-refractivity contribution >= 4 is 44.2 Å². The lowest BCUT2D eigenvalue weighted by Gasteiger charge is -2.15. The van der Waals surface area contributed by atoms with Gasteiger partial charge in [0.15, 0.2) is 5.13 Å². The molecule has 0 aliphatic carbocycles. The lowest BCUT2D eigenvalue weighted by atomic mass is 10.1. The Bertz CT molecular complexity index is 800. The Labute approximate surface area is 143 Å². The number of para-hydroxylation sites is 1. The van der Waals surface area contributed by atoms with Crippen LogP contribution in [0.3, 0.4) is 0 Å². The summed E-state index contributed by atoms with van der Waals surface area (Å²) in [5.41, 5.74) is 1.87. The molecular formula is C17H16ClN3OS. The summed E-state index contributed by atoms with van der Waals surface area (Å²) in [5, 5.41) is 7.31. The number of rotatable bonds is 5. The highest BCUT2D eigenvalue weighted by Gasteiger charge is 2.12. The van der Waals surface area contributed by atoms with Crippen LogP contribution in [-0.4, -0.2) is 17.4 Å². The van der Waals surface area contributed by atoms with Crippen LogP contribution in [0.25, 0.3) is 10.2 Å². The van der Waals surface area contributed by atoms with Gasteiger partial charge in [-0.3, -0.25) is 4.79 Å². The van der Waals surface area contributed by atoms with E-state index in [0.29, 0.717) is 10.2 Å². The maximum Gasteiger partial charge on any atom is 0.240 e. The molecule has 0 aliphatic rings. The Hall–Kier alpha value is -1.95. The van der Waals surface area contributed by atoms with Gasteiger partial charge in [0.1, 0.15) is 0 Å². The van der Waals surface area contributed by atoms with E-state index in [1.165, 1.54) is 11.3 Å². The van der Waals surface area contributed by atoms with Crippen LogP contribution in [0.4, 0.5) is 5.13 Å². The number of nitrogens with one attached hydrogen (secondary N) is 2. The standard InChI is InChI=1S/C17H16ClN3OS/c1-11(12-6-2-3-7-13(12)18)19-10-16(22)21-17-20-14-8-4-5-9-15(14)23-17/h2-9,11,19H,10H2,1H3,(H,20,21,22). The number of hydrogen-bond acceptors (Lipinski definition) is 4. The number of halogens is 1. The van der Waals surface area contributed by atoms with Crippen molar-refractivity contribution in [3.8, 4) is 0 Å². The molecule has 0 spiro atoms. The third-order valence-electron chi connectivity index (χ3n) is 3.48. The molecule has 3 rings (SSSR count). The molecule has 23 heavy (non-hydrogen) atoms. The molecule has 1 heterocycles. The summed E-state index contributed by atoms with van der Waals surface area (Å²) >= 11 is 7.63. The van der Waals surface area contributed by atoms with Crippen LogP contribution in [0.5, 0.6) is 0 Å². The smallest absolute Gasteiger partial charge is 0.240 e. The van der Waals surface area contributed by atoms with Crippen molar-refractivity contribution < 1.29 is 4.79 Å². The molecule has 118 valence electrons. The minimum Gasteiger partial charge on any atom is -0.302 e. The van der Waals surface area contributed by atoms with Crippen molar-refractivity contribution in [2.24, 2.45) is 0 Å². The van der Waals surface area contributed by atoms with E-state index in [2.05, 4.69) is 15.6 Å². The molecule has 3 aromatic rings. The van der Waals surface area contributed by atoms with Crippen LogP contribution in [0.15, 0.2) is 48.5 Å². The van der Waals surface area contributed by atoms with E-state index in [4.69, 9.17) is 11.6 Å². The summed E-state index contributed by atoms with van der Waals surface area (Å²) in [6.45, 7) is 2.18. The summed E-state index contributed by atoms with van der Waals surface area (Å²) in [6.07, 6.45) is 0. The summed E-state index contributed by atoms with van der Waals surface area (Å²) < 4.78 is 1.06. The first-order valence-electron chi connectivity index (χ1n) is 7.27. The van der Waals surface area contributed by atoms with Crippen LogP contribution < -0.4 is 10.6 Å². The fraction of sp³-hybridized carbons (Fsp3) is 0.176. The van der Waals surface area contributed by atoms with Gasteiger partial charge in [-0.1, -0.05) is 53.3 Å². The van der Waals surface area contributed by atoms with Gasteiger partial charge in [0.25, 0.3) is 0 Å². The van der Waals surface area contributed by atoms with Crippen LogP contribution in [0.1, 0.15) is 18.5 Å². The number of carbonyl (C=O) groups excluding carboxylic acids is 1. The van der Waals surface area contributed by atoms with E-state index in [-0.39, 0.29) is 18.5 Å². The molecule has 0 radical (unpaired) electrons. The zero-order valence-electron chi connectivity index (χ0n) is 12.5. The van der Waals surface area contributed by atoms with Gasteiger partial charge in [-0.25, -0.2) is 4.98 Å². The number of benzene rings is 2. The second-order valence-corrected chi connectivity index (χ2v) is 6.60. The molecule has 0 saturated heterocycles. The molecule has 4 nitrogen and oxygen atoms in total. The predicted octanol–water partition coefficient (Wildman–Crippen LogP) is 4.24. The lowest BCUT2D eigenvalue weighted by molar-refractivity contribution is -0.115. The van der Waals surface area contributed by atoms with Gasteiger partial charge in [0.05, 0.1) is 16.8 Å². The lowest BCUT2D eigenvalue weighted by Crippen LogP contribution is -2.30. The topological polar surface area (TPSA) is 54.0 Å². The number of thiazole rings is 1. The van der Waals surface area contributed by atoms with Crippen molar-refractivity contribution in [1.29, 1.82) is 0 Å². The monoisotopic (exact) mass is 345 g/mol. The molecule has 0 fully saturated rings. The second-order valence-electron chi connectivity index (χ2n) is 5.16. The van der Waals surface area contributed by atoms with Gasteiger partial charge in [-0.2, -0.15) is 0 Å². The number of aromatic nitrogens is 1. The largest absolute Gasteiger partial charge is 0.302 e. The number of hydrogen-bond donors (Lipinski definition) is 2. The summed E-state index contributed by atoms with van der Waals surface area (Å²) in [4.78, 5) is 16.5. The van der Waals surface area contributed by atoms with Crippen molar-refractivity contribution in [3.63, 3.8) is 0 Å². The maximum atomic E-state index is 12.1. The quantitative estimate of drug-likeness (QED) is 0.727. The van der Waals surface area contributed by atoms with E-state index in [1.807, 2.05) is 55.5 Å². The zero-order chi connectivity index (χ0) is 16.2. The van der Waals surface area contributed by atoms with Crippen LogP contribution >= 0.6 is 22.9 Å². The van der Waals surface area contributed by atoms with E-state index >= 15 is 0 Å². The first kappa shape index (κ1) is 15.9. The average molecular weight is 346 g/mol. The zero-order valence-corrected chi connectivity index (χ0v) is 14.1. The molecule has 0 aliphatic heterocycles. The number of nitrogens with zero attached hydrogens (tertiary/aromatic N) is 1. The normalized spacial score (nSPS) is 12.3. The van der Waals surface area contributed by atoms with Gasteiger partial charge in [0, 0.05) is 11.1 Å². The van der Waals surface area contributed by atoms with Crippen molar-refractivity contribution in [1.82, 2.24) is 10.3 Å². The third-order valence-corrected chi connectivity index (χ3v) is 4.78. The van der Waals surface area contributed by atoms with E-state index in [1.54, 1.807) is 0 Å². The van der Waals surface area contributed by atoms with Gasteiger partial charge in [-0.05, 0) is 30.7 Å². The average Bonchev–Trinajstić information content (AvgIpc) is 2.95. The Balaban J connectivity index is 1.58. The fourth-order valence-corrected chi connectivity index (χ4v) is 3.45. The van der Waals surface area contributed by atoms with Crippen molar-refractivity contribution in [3.05, 3.63) is 59.1 Å². The molecule has 1 atom stereocenters. The summed E-state index contributed by atoms with van der Waals surface area (Å²) in [6, 6.07) is 15.4. The highest BCUT2D eigenvalue weighted by Crippen LogP contribution is 2.25. The van der Waals surface area contributed by atoms with Crippen molar-refractivity contribution in [2.75, 3.05) is 11.9 Å². The van der Waals surface area contributed by atoms with Gasteiger partial charge in [0.2, 0.25) is 5.91 Å². The molecule has 6 heteroatoms. The second kappa shape index (κ2) is 7.08. The van der Waals surface area contributed by atoms with Crippen LogP contribution in [0.2, 0.25) is 5.02 Å². The third kappa shape index (κ3) is 3.88. The molecule has 1 amide bonds. The van der Waals surface area contributed by atoms with E-state index in [0.717, 1.165) is 15.8 Å². The maximum absolute atomic E-state index is 12.1. The molecule has 0 saturated carbocycles. The molecular weight excluding hydrogens is 330 g/mol. The van der Waals surface area contributed by atoms with Gasteiger partial charge < -0.3 is 10.6 Å². The number of anilines is 1. The van der Waals surface area contributed by atoms with E-state index < -0.39 is 0 Å². The number of amides is 1. The predicted molar refractivity (Wildman–Crippen MR) is 96.1 cm³/mol. The molecule has 0 bridgehead atoms. The first-order valence-corrected chi connectivity index (χ1v) is 8.46. The van der Waals surface area contributed by atoms with Crippen molar-refractivity contribution in [2.45, 2.75) is 13.0 Å². The minimum atomic E-state index is -0.122. The number of carbonyl (C=O) groups is 1. The van der Waals surface area contributed by atoms with E-state index in [9.17, 15) is 4.79 Å². The number of fused-ring (bicyclic) bond motifs is 1. The first-order chi connectivity index (χ1) is 11.1. The molecule has 2 N–H and O–H groups in total. The van der Waals surface area contributed by atoms with Gasteiger partial charge >= 0.3 is 0 Å². The summed E-state index contributed by atoms with van der Waals surface area (Å²) in [7, 11) is 0. The Morgan fingerprint density at radius 3 is 2.74 bits per heavy atom. The fourth-order valence-electron chi connectivity index (χ4n) is 2.27. The van der Waals surface area contributed by atoms with Crippen LogP contribution in [-0.2, 0) is 4.79 Å². The van der Waals surface area contributed by atoms with Gasteiger partial charge in [-0.15, -0.1) is 0 Å². The highest BCUT2D eigenvalue weighted by molar-refractivity contribution is 7.22. The molecule has 1 aromatic heterocycles.